The lowest BCUT2D eigenvalue weighted by molar-refractivity contribution is -0.0277. The summed E-state index contributed by atoms with van der Waals surface area (Å²) in [5, 5.41) is 10.8. The second-order valence-electron chi connectivity index (χ2n) is 7.49. The first-order valence-corrected chi connectivity index (χ1v) is 9.43. The van der Waals surface area contributed by atoms with E-state index in [1.165, 1.54) is 0 Å². The molecule has 3 aromatic rings. The van der Waals surface area contributed by atoms with E-state index >= 15 is 0 Å². The number of nitrogens with zero attached hydrogens (tertiary/aromatic N) is 4. The van der Waals surface area contributed by atoms with Crippen molar-refractivity contribution in [2.24, 2.45) is 0 Å². The number of hydrogen-bond acceptors (Lipinski definition) is 7. The van der Waals surface area contributed by atoms with E-state index in [4.69, 9.17) is 9.47 Å². The second kappa shape index (κ2) is 7.63. The van der Waals surface area contributed by atoms with Gasteiger partial charge < -0.3 is 19.7 Å². The van der Waals surface area contributed by atoms with Gasteiger partial charge in [-0.25, -0.2) is 4.98 Å². The van der Waals surface area contributed by atoms with E-state index in [0.29, 0.717) is 29.1 Å². The Bertz CT molecular complexity index is 1050. The molecule has 0 spiro atoms. The molecule has 1 fully saturated rings. The molecule has 0 unspecified atom stereocenters. The van der Waals surface area contributed by atoms with Crippen molar-refractivity contribution in [2.75, 3.05) is 37.0 Å². The molecule has 2 heterocycles. The number of para-hydroxylation sites is 1. The highest BCUT2D eigenvalue weighted by Gasteiger charge is 2.27. The summed E-state index contributed by atoms with van der Waals surface area (Å²) in [5.74, 6) is 0.125. The van der Waals surface area contributed by atoms with E-state index in [9.17, 15) is 4.79 Å². The first-order valence-electron chi connectivity index (χ1n) is 9.43. The van der Waals surface area contributed by atoms with Crippen LogP contribution in [0.15, 0.2) is 42.5 Å². The molecule has 1 amide bonds. The summed E-state index contributed by atoms with van der Waals surface area (Å²) in [7, 11) is 1.58. The van der Waals surface area contributed by atoms with Gasteiger partial charge in [-0.1, -0.05) is 12.1 Å². The fraction of sp³-hybridized carbons (Fsp3) is 0.333. The minimum absolute atomic E-state index is 0.00441. The van der Waals surface area contributed by atoms with Crippen LogP contribution in [-0.2, 0) is 4.74 Å². The lowest BCUT2D eigenvalue weighted by atomic mass is 10.1. The van der Waals surface area contributed by atoms with Crippen molar-refractivity contribution >= 4 is 28.3 Å². The van der Waals surface area contributed by atoms with E-state index in [1.807, 2.05) is 30.3 Å². The highest BCUT2D eigenvalue weighted by atomic mass is 16.5. The van der Waals surface area contributed by atoms with Gasteiger partial charge in [0.1, 0.15) is 11.3 Å². The maximum absolute atomic E-state index is 12.6. The number of carbonyl (C=O) groups excluding carboxylic acids is 1. The summed E-state index contributed by atoms with van der Waals surface area (Å²) in [6, 6.07) is 13.0. The van der Waals surface area contributed by atoms with Crippen LogP contribution in [0, 0.1) is 0 Å². The van der Waals surface area contributed by atoms with E-state index < -0.39 is 5.91 Å². The Morgan fingerprint density at radius 2 is 1.97 bits per heavy atom. The van der Waals surface area contributed by atoms with Gasteiger partial charge in [-0.2, -0.15) is 0 Å². The van der Waals surface area contributed by atoms with Crippen molar-refractivity contribution in [1.29, 1.82) is 0 Å². The fourth-order valence-corrected chi connectivity index (χ4v) is 3.37. The van der Waals surface area contributed by atoms with Crippen LogP contribution in [0.1, 0.15) is 24.5 Å². The number of anilines is 2. The van der Waals surface area contributed by atoms with Crippen LogP contribution in [0.4, 0.5) is 11.4 Å². The van der Waals surface area contributed by atoms with Gasteiger partial charge in [0.25, 0.3) is 5.91 Å². The van der Waals surface area contributed by atoms with Crippen molar-refractivity contribution in [1.82, 2.24) is 15.2 Å². The maximum atomic E-state index is 12.6. The number of rotatable bonds is 4. The Labute approximate surface area is 168 Å². The molecule has 0 radical (unpaired) electrons. The number of fused-ring (bicyclic) bond motifs is 1. The molecule has 1 aliphatic rings. The van der Waals surface area contributed by atoms with Gasteiger partial charge in [0.05, 0.1) is 30.5 Å². The third kappa shape index (κ3) is 4.12. The van der Waals surface area contributed by atoms with Crippen LogP contribution in [0.25, 0.3) is 11.0 Å². The maximum Gasteiger partial charge on any atom is 0.295 e. The smallest absolute Gasteiger partial charge is 0.295 e. The zero-order valence-corrected chi connectivity index (χ0v) is 16.7. The number of amides is 1. The molecule has 1 N–H and O–H groups in total. The van der Waals surface area contributed by atoms with Gasteiger partial charge in [0.2, 0.25) is 5.82 Å². The largest absolute Gasteiger partial charge is 0.494 e. The summed E-state index contributed by atoms with van der Waals surface area (Å²) in [5.41, 5.74) is 2.60. The zero-order chi connectivity index (χ0) is 20.4. The molecule has 0 bridgehead atoms. The Morgan fingerprint density at radius 1 is 1.17 bits per heavy atom. The average Bonchev–Trinajstić information content (AvgIpc) is 2.73. The van der Waals surface area contributed by atoms with E-state index in [2.05, 4.69) is 39.2 Å². The molecule has 8 nitrogen and oxygen atoms in total. The molecule has 2 aromatic carbocycles. The molecule has 1 aromatic heterocycles. The van der Waals surface area contributed by atoms with E-state index in [0.717, 1.165) is 18.8 Å². The summed E-state index contributed by atoms with van der Waals surface area (Å²) in [6.45, 7) is 6.39. The number of benzene rings is 2. The van der Waals surface area contributed by atoms with E-state index in [-0.39, 0.29) is 11.4 Å². The number of morpholine rings is 1. The molecule has 8 heteroatoms. The Kier molecular flexibility index (Phi) is 5.02. The molecule has 0 atom stereocenters. The zero-order valence-electron chi connectivity index (χ0n) is 16.7. The molecular formula is C21H23N5O3. The van der Waals surface area contributed by atoms with Crippen LogP contribution in [-0.4, -0.2) is 53.5 Å². The number of carbonyl (C=O) groups is 1. The SMILES string of the molecule is COc1cc(N2CCOC(C)(C)C2)ccc1NC(=O)c1nnc2ccccc2n1. The van der Waals surface area contributed by atoms with Gasteiger partial charge in [0, 0.05) is 24.8 Å². The van der Waals surface area contributed by atoms with Gasteiger partial charge in [0.15, 0.2) is 0 Å². The van der Waals surface area contributed by atoms with Crippen LogP contribution in [0.5, 0.6) is 5.75 Å². The van der Waals surface area contributed by atoms with Crippen molar-refractivity contribution in [3.8, 4) is 5.75 Å². The van der Waals surface area contributed by atoms with Crippen molar-refractivity contribution < 1.29 is 14.3 Å². The summed E-state index contributed by atoms with van der Waals surface area (Å²) < 4.78 is 11.3. The van der Waals surface area contributed by atoms with Crippen molar-refractivity contribution in [3.63, 3.8) is 0 Å². The highest BCUT2D eigenvalue weighted by Crippen LogP contribution is 2.32. The summed E-state index contributed by atoms with van der Waals surface area (Å²) >= 11 is 0. The van der Waals surface area contributed by atoms with E-state index in [1.54, 1.807) is 19.2 Å². The fourth-order valence-electron chi connectivity index (χ4n) is 3.37. The van der Waals surface area contributed by atoms with Crippen molar-refractivity contribution in [2.45, 2.75) is 19.4 Å². The van der Waals surface area contributed by atoms with Gasteiger partial charge in [-0.3, -0.25) is 4.79 Å². The van der Waals surface area contributed by atoms with Crippen molar-refractivity contribution in [3.05, 3.63) is 48.3 Å². The van der Waals surface area contributed by atoms with Crippen LogP contribution in [0.3, 0.4) is 0 Å². The third-order valence-corrected chi connectivity index (χ3v) is 4.79. The van der Waals surface area contributed by atoms with Gasteiger partial charge in [-0.15, -0.1) is 10.2 Å². The topological polar surface area (TPSA) is 89.5 Å². The monoisotopic (exact) mass is 393 g/mol. The average molecular weight is 393 g/mol. The lowest BCUT2D eigenvalue weighted by Crippen LogP contribution is -2.48. The molecule has 4 rings (SSSR count). The van der Waals surface area contributed by atoms with Gasteiger partial charge in [-0.05, 0) is 38.1 Å². The quantitative estimate of drug-likeness (QED) is 0.729. The number of ether oxygens (including phenoxy) is 2. The minimum Gasteiger partial charge on any atom is -0.494 e. The van der Waals surface area contributed by atoms with Gasteiger partial charge >= 0.3 is 0 Å². The standard InChI is InChI=1S/C21H23N5O3/c1-21(2)13-26(10-11-29-21)14-8-9-17(18(12-14)28-3)23-20(27)19-22-15-6-4-5-7-16(15)24-25-19/h4-9,12H,10-11,13H2,1-3H3,(H,23,27). The number of aromatic nitrogens is 3. The van der Waals surface area contributed by atoms with Crippen LogP contribution in [0.2, 0.25) is 0 Å². The van der Waals surface area contributed by atoms with Crippen LogP contribution >= 0.6 is 0 Å². The molecule has 29 heavy (non-hydrogen) atoms. The molecule has 1 saturated heterocycles. The number of hydrogen-bond donors (Lipinski definition) is 1. The summed E-state index contributed by atoms with van der Waals surface area (Å²) in [6.07, 6.45) is 0. The molecule has 150 valence electrons. The first kappa shape index (κ1) is 19.1. The molecule has 1 aliphatic heterocycles. The molecule has 0 saturated carbocycles. The Morgan fingerprint density at radius 3 is 2.72 bits per heavy atom. The molecular weight excluding hydrogens is 370 g/mol. The lowest BCUT2D eigenvalue weighted by Gasteiger charge is -2.39. The highest BCUT2D eigenvalue weighted by molar-refractivity contribution is 6.03. The normalized spacial score (nSPS) is 15.9. The first-order chi connectivity index (χ1) is 13.9. The number of nitrogens with one attached hydrogen (secondary N) is 1. The predicted molar refractivity (Wildman–Crippen MR) is 111 cm³/mol. The Balaban J connectivity index is 1.55. The summed E-state index contributed by atoms with van der Waals surface area (Å²) in [4.78, 5) is 19.2. The third-order valence-electron chi connectivity index (χ3n) is 4.79. The predicted octanol–water partition coefficient (Wildman–Crippen LogP) is 2.90. The molecule has 0 aliphatic carbocycles. The van der Waals surface area contributed by atoms with Crippen LogP contribution < -0.4 is 15.0 Å². The minimum atomic E-state index is -0.443. The number of methoxy groups -OCH3 is 1. The second-order valence-corrected chi connectivity index (χ2v) is 7.49. The Hall–Kier alpha value is -3.26.